The minimum atomic E-state index is -0.499. The van der Waals surface area contributed by atoms with Crippen LogP contribution in [-0.2, 0) is 6.54 Å². The van der Waals surface area contributed by atoms with E-state index in [1.807, 2.05) is 30.3 Å². The largest absolute Gasteiger partial charge is 0.369 e. The summed E-state index contributed by atoms with van der Waals surface area (Å²) in [7, 11) is 0. The van der Waals surface area contributed by atoms with Crippen LogP contribution >= 0.6 is 0 Å². The Balaban J connectivity index is 1.25. The van der Waals surface area contributed by atoms with Gasteiger partial charge in [-0.15, -0.1) is 0 Å². The summed E-state index contributed by atoms with van der Waals surface area (Å²) >= 11 is 0. The highest BCUT2D eigenvalue weighted by atomic mass is 19.1. The number of rotatable bonds is 6. The molecule has 1 aromatic heterocycles. The predicted octanol–water partition coefficient (Wildman–Crippen LogP) is 4.10. The number of hydrogen-bond acceptors (Lipinski definition) is 4. The predicted molar refractivity (Wildman–Crippen MR) is 132 cm³/mol. The Bertz CT molecular complexity index is 1290. The summed E-state index contributed by atoms with van der Waals surface area (Å²) in [6.07, 6.45) is 1.50. The highest BCUT2D eigenvalue weighted by molar-refractivity contribution is 5.51. The van der Waals surface area contributed by atoms with Gasteiger partial charge in [0.1, 0.15) is 12.1 Å². The molecule has 0 radical (unpaired) electrons. The molecular formula is C27H28FN5O. The van der Waals surface area contributed by atoms with Crippen molar-refractivity contribution < 1.29 is 4.39 Å². The number of nitrogens with zero attached hydrogens (tertiary/aromatic N) is 5. The maximum atomic E-state index is 14.2. The summed E-state index contributed by atoms with van der Waals surface area (Å²) in [5.41, 5.74) is 3.37. The highest BCUT2D eigenvalue weighted by Gasteiger charge is 2.19. The van der Waals surface area contributed by atoms with Crippen molar-refractivity contribution in [2.24, 2.45) is 0 Å². The maximum Gasteiger partial charge on any atom is 0.350 e. The molecule has 174 valence electrons. The standard InChI is InChI=1S/C27H28FN5O/c1-21(25-9-5-6-10-26(25)28)33-27(34)32(20-29-33)24-13-11-23(12-14-24)31-17-15-30(16-18-31)19-22-7-3-2-4-8-22/h2-14,20-21H,15-19H2,1H3. The molecule has 0 saturated carbocycles. The van der Waals surface area contributed by atoms with Crippen LogP contribution in [0.3, 0.4) is 0 Å². The van der Waals surface area contributed by atoms with Gasteiger partial charge in [-0.25, -0.2) is 18.4 Å². The molecule has 1 fully saturated rings. The first-order valence-electron chi connectivity index (χ1n) is 11.6. The Hall–Kier alpha value is -3.71. The average molecular weight is 458 g/mol. The lowest BCUT2D eigenvalue weighted by molar-refractivity contribution is 0.250. The van der Waals surface area contributed by atoms with Crippen molar-refractivity contribution in [1.29, 1.82) is 0 Å². The molecule has 7 heteroatoms. The van der Waals surface area contributed by atoms with Gasteiger partial charge in [-0.1, -0.05) is 48.5 Å². The van der Waals surface area contributed by atoms with Crippen LogP contribution in [0, 0.1) is 5.82 Å². The Labute approximate surface area is 198 Å². The van der Waals surface area contributed by atoms with Crippen molar-refractivity contribution in [3.05, 3.63) is 113 Å². The second-order valence-corrected chi connectivity index (χ2v) is 8.69. The molecule has 1 aliphatic rings. The van der Waals surface area contributed by atoms with Crippen molar-refractivity contribution in [2.75, 3.05) is 31.1 Å². The fourth-order valence-corrected chi connectivity index (χ4v) is 4.53. The SMILES string of the molecule is CC(c1ccccc1F)n1ncn(-c2ccc(N3CCN(Cc4ccccc4)CC3)cc2)c1=O. The fraction of sp³-hybridized carbons (Fsp3) is 0.259. The molecule has 1 saturated heterocycles. The first-order valence-corrected chi connectivity index (χ1v) is 11.6. The van der Waals surface area contributed by atoms with E-state index in [4.69, 9.17) is 0 Å². The molecular weight excluding hydrogens is 429 g/mol. The quantitative estimate of drug-likeness (QED) is 0.437. The van der Waals surface area contributed by atoms with Crippen molar-refractivity contribution in [2.45, 2.75) is 19.5 Å². The van der Waals surface area contributed by atoms with Crippen LogP contribution < -0.4 is 10.6 Å². The van der Waals surface area contributed by atoms with Crippen molar-refractivity contribution in [3.8, 4) is 5.69 Å². The minimum absolute atomic E-state index is 0.293. The van der Waals surface area contributed by atoms with E-state index in [0.29, 0.717) is 5.56 Å². The summed E-state index contributed by atoms with van der Waals surface area (Å²) in [5, 5.41) is 4.25. The third-order valence-electron chi connectivity index (χ3n) is 6.53. The van der Waals surface area contributed by atoms with Crippen LogP contribution in [0.5, 0.6) is 0 Å². The number of piperazine rings is 1. The van der Waals surface area contributed by atoms with Gasteiger partial charge < -0.3 is 4.90 Å². The lowest BCUT2D eigenvalue weighted by Crippen LogP contribution is -2.45. The third-order valence-corrected chi connectivity index (χ3v) is 6.53. The van der Waals surface area contributed by atoms with Gasteiger partial charge in [0.25, 0.3) is 0 Å². The molecule has 6 nitrogen and oxygen atoms in total. The fourth-order valence-electron chi connectivity index (χ4n) is 4.53. The lowest BCUT2D eigenvalue weighted by Gasteiger charge is -2.36. The van der Waals surface area contributed by atoms with Crippen molar-refractivity contribution in [3.63, 3.8) is 0 Å². The Kier molecular flexibility index (Phi) is 6.27. The smallest absolute Gasteiger partial charge is 0.350 e. The molecule has 34 heavy (non-hydrogen) atoms. The van der Waals surface area contributed by atoms with Crippen molar-refractivity contribution >= 4 is 5.69 Å². The summed E-state index contributed by atoms with van der Waals surface area (Å²) in [6.45, 7) is 6.70. The molecule has 4 aromatic rings. The van der Waals surface area contributed by atoms with Gasteiger partial charge in [0.15, 0.2) is 0 Å². The molecule has 1 aliphatic heterocycles. The van der Waals surface area contributed by atoms with E-state index >= 15 is 0 Å². The van der Waals surface area contributed by atoms with Gasteiger partial charge in [0.2, 0.25) is 0 Å². The molecule has 3 aromatic carbocycles. The molecule has 1 unspecified atom stereocenters. The monoisotopic (exact) mass is 457 g/mol. The van der Waals surface area contributed by atoms with E-state index in [-0.39, 0.29) is 11.5 Å². The molecule has 2 heterocycles. The summed E-state index contributed by atoms with van der Waals surface area (Å²) in [5.74, 6) is -0.343. The highest BCUT2D eigenvalue weighted by Crippen LogP contribution is 2.21. The summed E-state index contributed by atoms with van der Waals surface area (Å²) in [6, 6.07) is 24.5. The van der Waals surface area contributed by atoms with E-state index < -0.39 is 6.04 Å². The summed E-state index contributed by atoms with van der Waals surface area (Å²) < 4.78 is 17.0. The molecule has 1 atom stereocenters. The van der Waals surface area contributed by atoms with E-state index in [9.17, 15) is 9.18 Å². The van der Waals surface area contributed by atoms with Crippen LogP contribution in [0.1, 0.15) is 24.1 Å². The Morgan fingerprint density at radius 2 is 1.50 bits per heavy atom. The molecule has 0 aliphatic carbocycles. The van der Waals surface area contributed by atoms with Gasteiger partial charge in [0.05, 0.1) is 11.7 Å². The van der Waals surface area contributed by atoms with E-state index in [0.717, 1.165) is 44.1 Å². The number of anilines is 1. The second kappa shape index (κ2) is 9.65. The first-order chi connectivity index (χ1) is 16.6. The van der Waals surface area contributed by atoms with Crippen molar-refractivity contribution in [1.82, 2.24) is 19.2 Å². The van der Waals surface area contributed by atoms with Crippen LogP contribution in [0.15, 0.2) is 90.0 Å². The maximum absolute atomic E-state index is 14.2. The molecule has 0 N–H and O–H groups in total. The van der Waals surface area contributed by atoms with Crippen LogP contribution in [0.4, 0.5) is 10.1 Å². The molecule has 0 bridgehead atoms. The Morgan fingerprint density at radius 3 is 2.21 bits per heavy atom. The topological polar surface area (TPSA) is 46.3 Å². The number of halogens is 1. The van der Waals surface area contributed by atoms with Crippen LogP contribution in [0.2, 0.25) is 0 Å². The van der Waals surface area contributed by atoms with E-state index in [1.54, 1.807) is 25.1 Å². The van der Waals surface area contributed by atoms with Gasteiger partial charge in [-0.2, -0.15) is 5.10 Å². The molecule has 0 spiro atoms. The average Bonchev–Trinajstić information content (AvgIpc) is 3.26. The van der Waals surface area contributed by atoms with Gasteiger partial charge in [0, 0.05) is 44.0 Å². The number of hydrogen-bond donors (Lipinski definition) is 0. The first kappa shape index (κ1) is 22.1. The molecule has 0 amide bonds. The number of benzene rings is 3. The third kappa shape index (κ3) is 4.52. The minimum Gasteiger partial charge on any atom is -0.369 e. The van der Waals surface area contributed by atoms with Gasteiger partial charge in [-0.3, -0.25) is 4.90 Å². The molecule has 5 rings (SSSR count). The normalized spacial score (nSPS) is 15.4. The van der Waals surface area contributed by atoms with Gasteiger partial charge >= 0.3 is 5.69 Å². The lowest BCUT2D eigenvalue weighted by atomic mass is 10.1. The van der Waals surface area contributed by atoms with Gasteiger partial charge in [-0.05, 0) is 42.8 Å². The van der Waals surface area contributed by atoms with Crippen LogP contribution in [0.25, 0.3) is 5.69 Å². The number of aromatic nitrogens is 3. The van der Waals surface area contributed by atoms with Crippen LogP contribution in [-0.4, -0.2) is 45.4 Å². The second-order valence-electron chi connectivity index (χ2n) is 8.69. The van der Waals surface area contributed by atoms with E-state index in [1.165, 1.54) is 27.2 Å². The Morgan fingerprint density at radius 1 is 0.853 bits per heavy atom. The summed E-state index contributed by atoms with van der Waals surface area (Å²) in [4.78, 5) is 17.8. The van der Waals surface area contributed by atoms with E-state index in [2.05, 4.69) is 39.2 Å². The zero-order valence-corrected chi connectivity index (χ0v) is 19.2. The zero-order valence-electron chi connectivity index (χ0n) is 19.2. The zero-order chi connectivity index (χ0) is 23.5.